The van der Waals surface area contributed by atoms with Crippen molar-refractivity contribution >= 4 is 15.8 Å². The zero-order valence-corrected chi connectivity index (χ0v) is 18.1. The largest absolute Gasteiger partial charge is 0.383 e. The Bertz CT molecular complexity index is 1200. The molecule has 1 saturated heterocycles. The summed E-state index contributed by atoms with van der Waals surface area (Å²) in [6.07, 6.45) is 1.67. The number of anilines is 1. The average molecular weight is 427 g/mol. The second kappa shape index (κ2) is 7.54. The van der Waals surface area contributed by atoms with Gasteiger partial charge < -0.3 is 15.5 Å². The van der Waals surface area contributed by atoms with Crippen LogP contribution >= 0.6 is 0 Å². The number of rotatable bonds is 6. The fourth-order valence-corrected chi connectivity index (χ4v) is 4.71. The van der Waals surface area contributed by atoms with Crippen LogP contribution in [0.3, 0.4) is 0 Å². The quantitative estimate of drug-likeness (QED) is 0.560. The number of nitrogens with one attached hydrogen (secondary N) is 2. The molecule has 1 aliphatic rings. The molecule has 1 aliphatic heterocycles. The summed E-state index contributed by atoms with van der Waals surface area (Å²) in [4.78, 5) is 7.83. The third-order valence-electron chi connectivity index (χ3n) is 5.46. The van der Waals surface area contributed by atoms with Gasteiger partial charge in [0.05, 0.1) is 18.1 Å². The van der Waals surface area contributed by atoms with Gasteiger partial charge in [0, 0.05) is 40.7 Å². The first-order chi connectivity index (χ1) is 14.2. The Morgan fingerprint density at radius 1 is 1.17 bits per heavy atom. The molecule has 0 unspecified atom stereocenters. The van der Waals surface area contributed by atoms with Gasteiger partial charge in [-0.05, 0) is 55.3 Å². The topological polar surface area (TPSA) is 110 Å². The first-order valence-corrected chi connectivity index (χ1v) is 11.3. The molecule has 7 nitrogen and oxygen atoms in total. The molecular weight excluding hydrogens is 400 g/mol. The van der Waals surface area contributed by atoms with Crippen molar-refractivity contribution < 1.29 is 13.2 Å². The summed E-state index contributed by atoms with van der Waals surface area (Å²) < 4.78 is 33.7. The van der Waals surface area contributed by atoms with Gasteiger partial charge in [-0.3, -0.25) is 0 Å². The maximum Gasteiger partial charge on any atom is 0.240 e. The monoisotopic (exact) mass is 426 g/mol. The first kappa shape index (κ1) is 20.6. The Labute approximate surface area is 176 Å². The summed E-state index contributed by atoms with van der Waals surface area (Å²) in [6, 6.07) is 11.0. The summed E-state index contributed by atoms with van der Waals surface area (Å²) in [5, 5.41) is 0. The molecule has 8 heteroatoms. The second-order valence-electron chi connectivity index (χ2n) is 8.32. The maximum absolute atomic E-state index is 12.9. The Morgan fingerprint density at radius 2 is 1.93 bits per heavy atom. The SMILES string of the molecule is Cc1ccc(-c2cc(-c3cc(S(=O)(=O)NCC4(C)COC4)ccc3C)cnc2N)[nH]1. The van der Waals surface area contributed by atoms with E-state index in [0.29, 0.717) is 25.6 Å². The van der Waals surface area contributed by atoms with Crippen molar-refractivity contribution in [3.05, 3.63) is 53.9 Å². The lowest BCUT2D eigenvalue weighted by molar-refractivity contribution is -0.0965. The summed E-state index contributed by atoms with van der Waals surface area (Å²) in [6.45, 7) is 7.39. The van der Waals surface area contributed by atoms with Crippen molar-refractivity contribution in [3.8, 4) is 22.4 Å². The normalized spacial score (nSPS) is 15.7. The molecule has 1 aromatic carbocycles. The Balaban J connectivity index is 1.68. The van der Waals surface area contributed by atoms with E-state index in [1.165, 1.54) is 0 Å². The van der Waals surface area contributed by atoms with E-state index in [4.69, 9.17) is 10.5 Å². The Kier molecular flexibility index (Phi) is 5.17. The highest BCUT2D eigenvalue weighted by Crippen LogP contribution is 2.32. The fourth-order valence-electron chi connectivity index (χ4n) is 3.48. The van der Waals surface area contributed by atoms with Crippen LogP contribution in [0.2, 0.25) is 0 Å². The lowest BCUT2D eigenvalue weighted by atomic mass is 9.89. The molecule has 0 spiro atoms. The highest BCUT2D eigenvalue weighted by Gasteiger charge is 2.34. The minimum Gasteiger partial charge on any atom is -0.383 e. The first-order valence-electron chi connectivity index (χ1n) is 9.77. The van der Waals surface area contributed by atoms with Gasteiger partial charge in [-0.25, -0.2) is 18.1 Å². The van der Waals surface area contributed by atoms with E-state index in [1.807, 2.05) is 45.0 Å². The molecule has 0 aliphatic carbocycles. The van der Waals surface area contributed by atoms with Crippen molar-refractivity contribution in [2.75, 3.05) is 25.5 Å². The molecule has 3 aromatic rings. The number of H-pyrrole nitrogens is 1. The van der Waals surface area contributed by atoms with Gasteiger partial charge in [0.2, 0.25) is 10.0 Å². The van der Waals surface area contributed by atoms with E-state index < -0.39 is 10.0 Å². The third kappa shape index (κ3) is 3.98. The van der Waals surface area contributed by atoms with E-state index in [-0.39, 0.29) is 10.3 Å². The number of benzene rings is 1. The molecular formula is C22H26N4O3S. The van der Waals surface area contributed by atoms with Crippen LogP contribution in [-0.2, 0) is 14.8 Å². The van der Waals surface area contributed by atoms with Crippen LogP contribution in [-0.4, -0.2) is 38.1 Å². The van der Waals surface area contributed by atoms with E-state index in [0.717, 1.165) is 33.6 Å². The number of hydrogen-bond donors (Lipinski definition) is 3. The van der Waals surface area contributed by atoms with E-state index in [2.05, 4.69) is 14.7 Å². The summed E-state index contributed by atoms with van der Waals surface area (Å²) in [5.41, 5.74) is 11.2. The molecule has 30 heavy (non-hydrogen) atoms. The smallest absolute Gasteiger partial charge is 0.240 e. The molecule has 3 heterocycles. The average Bonchev–Trinajstić information content (AvgIpc) is 3.12. The van der Waals surface area contributed by atoms with Gasteiger partial charge in [-0.15, -0.1) is 0 Å². The van der Waals surface area contributed by atoms with Gasteiger partial charge >= 0.3 is 0 Å². The molecule has 0 bridgehead atoms. The van der Waals surface area contributed by atoms with Crippen molar-refractivity contribution in [2.45, 2.75) is 25.7 Å². The second-order valence-corrected chi connectivity index (χ2v) is 10.1. The fraction of sp³-hybridized carbons (Fsp3) is 0.318. The number of nitrogen functional groups attached to an aromatic ring is 1. The minimum atomic E-state index is -3.64. The summed E-state index contributed by atoms with van der Waals surface area (Å²) >= 11 is 0. The van der Waals surface area contributed by atoms with Crippen LogP contribution in [0.25, 0.3) is 22.4 Å². The van der Waals surface area contributed by atoms with Crippen LogP contribution in [0.5, 0.6) is 0 Å². The van der Waals surface area contributed by atoms with Gasteiger partial charge in [0.25, 0.3) is 0 Å². The van der Waals surface area contributed by atoms with Crippen LogP contribution in [0.15, 0.2) is 47.5 Å². The van der Waals surface area contributed by atoms with Gasteiger partial charge in [-0.1, -0.05) is 13.0 Å². The number of nitrogens with two attached hydrogens (primary N) is 1. The number of pyridine rings is 1. The number of sulfonamides is 1. The number of aromatic nitrogens is 2. The van der Waals surface area contributed by atoms with Gasteiger partial charge in [-0.2, -0.15) is 0 Å². The summed E-state index contributed by atoms with van der Waals surface area (Å²) in [7, 11) is -3.64. The number of nitrogens with zero attached hydrogens (tertiary/aromatic N) is 1. The van der Waals surface area contributed by atoms with Crippen LogP contribution in [0, 0.1) is 19.3 Å². The molecule has 0 radical (unpaired) electrons. The van der Waals surface area contributed by atoms with Crippen molar-refractivity contribution in [1.82, 2.24) is 14.7 Å². The molecule has 0 amide bonds. The van der Waals surface area contributed by atoms with Crippen LogP contribution < -0.4 is 10.5 Å². The molecule has 158 valence electrons. The van der Waals surface area contributed by atoms with E-state index in [1.54, 1.807) is 18.3 Å². The van der Waals surface area contributed by atoms with Crippen LogP contribution in [0.4, 0.5) is 5.82 Å². The Hall–Kier alpha value is -2.68. The molecule has 0 saturated carbocycles. The van der Waals surface area contributed by atoms with E-state index >= 15 is 0 Å². The lowest BCUT2D eigenvalue weighted by Crippen LogP contribution is -2.48. The molecule has 2 aromatic heterocycles. The molecule has 0 atom stereocenters. The highest BCUT2D eigenvalue weighted by molar-refractivity contribution is 7.89. The van der Waals surface area contributed by atoms with Gasteiger partial charge in [0.15, 0.2) is 0 Å². The zero-order chi connectivity index (χ0) is 21.5. The maximum atomic E-state index is 12.9. The number of aromatic amines is 1. The third-order valence-corrected chi connectivity index (χ3v) is 6.86. The molecule has 1 fully saturated rings. The lowest BCUT2D eigenvalue weighted by Gasteiger charge is -2.37. The minimum absolute atomic E-state index is 0.148. The number of ether oxygens (including phenoxy) is 1. The zero-order valence-electron chi connectivity index (χ0n) is 17.3. The van der Waals surface area contributed by atoms with Gasteiger partial charge in [0.1, 0.15) is 5.82 Å². The van der Waals surface area contributed by atoms with Crippen molar-refractivity contribution in [2.24, 2.45) is 5.41 Å². The highest BCUT2D eigenvalue weighted by atomic mass is 32.2. The van der Waals surface area contributed by atoms with Crippen molar-refractivity contribution in [1.29, 1.82) is 0 Å². The number of aryl methyl sites for hydroxylation is 2. The molecule has 4 rings (SSSR count). The van der Waals surface area contributed by atoms with Crippen molar-refractivity contribution in [3.63, 3.8) is 0 Å². The van der Waals surface area contributed by atoms with E-state index in [9.17, 15) is 8.42 Å². The standard InChI is InChI=1S/C22H26N4O3S/c1-14-4-6-17(30(27,28)25-11-22(3)12-29-13-22)9-18(14)16-8-19(21(23)24-10-16)20-7-5-15(2)26-20/h4-10,25-26H,11-13H2,1-3H3,(H2,23,24). The predicted molar refractivity (Wildman–Crippen MR) is 117 cm³/mol. The van der Waals surface area contributed by atoms with Crippen LogP contribution in [0.1, 0.15) is 18.2 Å². The predicted octanol–water partition coefficient (Wildman–Crippen LogP) is 3.26. The summed E-state index contributed by atoms with van der Waals surface area (Å²) in [5.74, 6) is 0.416. The Morgan fingerprint density at radius 3 is 2.57 bits per heavy atom. The molecule has 4 N–H and O–H groups in total. The number of hydrogen-bond acceptors (Lipinski definition) is 5.